The van der Waals surface area contributed by atoms with Crippen LogP contribution in [0.25, 0.3) is 0 Å². The average Bonchev–Trinajstić information content (AvgIpc) is 3.29. The topological polar surface area (TPSA) is 56.5 Å². The number of aliphatic hydroxyl groups is 1. The minimum atomic E-state index is -0.599. The van der Waals surface area contributed by atoms with E-state index in [9.17, 15) is 5.11 Å². The number of alkyl halides is 1. The molecule has 0 bridgehead atoms. The Morgan fingerprint density at radius 1 is 0.968 bits per heavy atom. The van der Waals surface area contributed by atoms with Gasteiger partial charge in [-0.25, -0.2) is 4.98 Å². The van der Waals surface area contributed by atoms with E-state index in [2.05, 4.69) is 50.0 Å². The minimum absolute atomic E-state index is 0.165. The number of ether oxygens (including phenoxy) is 2. The Morgan fingerprint density at radius 2 is 1.52 bits per heavy atom. The molecule has 2 atom stereocenters. The molecule has 6 heteroatoms. The van der Waals surface area contributed by atoms with Gasteiger partial charge in [-0.05, 0) is 35.4 Å². The number of aromatic nitrogens is 2. The molecule has 2 aromatic carbocycles. The highest BCUT2D eigenvalue weighted by Crippen LogP contribution is 2.33. The number of aliphatic hydroxyl groups excluding tert-OH is 1. The van der Waals surface area contributed by atoms with Gasteiger partial charge in [-0.1, -0.05) is 45.0 Å². The highest BCUT2D eigenvalue weighted by molar-refractivity contribution is 6.18. The van der Waals surface area contributed by atoms with Crippen molar-refractivity contribution in [1.29, 1.82) is 0 Å². The number of rotatable bonds is 11. The molecule has 1 heterocycles. The summed E-state index contributed by atoms with van der Waals surface area (Å²) in [5, 5.41) is 10.1. The zero-order chi connectivity index (χ0) is 22.3. The summed E-state index contributed by atoms with van der Waals surface area (Å²) in [5.41, 5.74) is 2.22. The number of hydrogen-bond donors (Lipinski definition) is 1. The lowest BCUT2D eigenvalue weighted by atomic mass is 9.78. The quantitative estimate of drug-likeness (QED) is 0.429. The molecule has 0 fully saturated rings. The molecular weight excluding hydrogens is 412 g/mol. The Morgan fingerprint density at radius 3 is 2.00 bits per heavy atom. The Kier molecular flexibility index (Phi) is 7.99. The normalized spacial score (nSPS) is 13.6. The highest BCUT2D eigenvalue weighted by Gasteiger charge is 2.23. The Bertz CT molecular complexity index is 909. The number of hydrogen-bond acceptors (Lipinski definition) is 4. The van der Waals surface area contributed by atoms with E-state index in [0.29, 0.717) is 24.9 Å². The fourth-order valence-electron chi connectivity index (χ4n) is 3.27. The second-order valence-corrected chi connectivity index (χ2v) is 8.78. The SMILES string of the molecule is C[C@H](CCl)COc1ccc(C(C)(C)c2ccc(OC[C@H](O)Cn3ccnc3)cc2)cc1. The van der Waals surface area contributed by atoms with Gasteiger partial charge in [0.15, 0.2) is 0 Å². The van der Waals surface area contributed by atoms with Crippen molar-refractivity contribution >= 4 is 11.6 Å². The zero-order valence-electron chi connectivity index (χ0n) is 18.4. The average molecular weight is 443 g/mol. The number of imidazole rings is 1. The van der Waals surface area contributed by atoms with Crippen LogP contribution in [0.5, 0.6) is 11.5 Å². The summed E-state index contributed by atoms with van der Waals surface area (Å²) in [4.78, 5) is 3.97. The molecular formula is C25H31ClN2O3. The first-order valence-corrected chi connectivity index (χ1v) is 11.1. The van der Waals surface area contributed by atoms with Crippen LogP contribution in [0.4, 0.5) is 0 Å². The minimum Gasteiger partial charge on any atom is -0.493 e. The van der Waals surface area contributed by atoms with E-state index in [-0.39, 0.29) is 12.0 Å². The van der Waals surface area contributed by atoms with Crippen molar-refractivity contribution in [2.24, 2.45) is 5.92 Å². The predicted octanol–water partition coefficient (Wildman–Crippen LogP) is 4.90. The first-order valence-electron chi connectivity index (χ1n) is 10.5. The third kappa shape index (κ3) is 6.49. The molecule has 3 rings (SSSR count). The van der Waals surface area contributed by atoms with Crippen molar-refractivity contribution in [1.82, 2.24) is 9.55 Å². The number of nitrogens with zero attached hydrogens (tertiary/aromatic N) is 2. The van der Waals surface area contributed by atoms with Gasteiger partial charge in [0.1, 0.15) is 24.2 Å². The number of benzene rings is 2. The highest BCUT2D eigenvalue weighted by atomic mass is 35.5. The number of halogens is 1. The second kappa shape index (κ2) is 10.7. The van der Waals surface area contributed by atoms with E-state index in [4.69, 9.17) is 21.1 Å². The van der Waals surface area contributed by atoms with Crippen molar-refractivity contribution < 1.29 is 14.6 Å². The molecule has 0 spiro atoms. The van der Waals surface area contributed by atoms with Crippen LogP contribution in [0.15, 0.2) is 67.3 Å². The molecule has 0 saturated carbocycles. The van der Waals surface area contributed by atoms with Gasteiger partial charge in [-0.3, -0.25) is 0 Å². The fraction of sp³-hybridized carbons (Fsp3) is 0.400. The van der Waals surface area contributed by atoms with Crippen molar-refractivity contribution in [3.8, 4) is 11.5 Å². The standard InChI is InChI=1S/C25H31ClN2O3/c1-19(14-26)16-30-23-8-4-20(5-9-23)25(2,3)21-6-10-24(11-7-21)31-17-22(29)15-28-13-12-27-18-28/h4-13,18-19,22,29H,14-17H2,1-3H3/t19-,22-/m1/s1. The Balaban J connectivity index is 1.57. The van der Waals surface area contributed by atoms with Gasteiger partial charge in [0.2, 0.25) is 0 Å². The van der Waals surface area contributed by atoms with E-state index >= 15 is 0 Å². The van der Waals surface area contributed by atoms with Crippen LogP contribution in [-0.4, -0.2) is 39.9 Å². The van der Waals surface area contributed by atoms with Crippen molar-refractivity contribution in [3.05, 3.63) is 78.4 Å². The van der Waals surface area contributed by atoms with E-state index in [1.54, 1.807) is 12.5 Å². The van der Waals surface area contributed by atoms with Crippen molar-refractivity contribution in [3.63, 3.8) is 0 Å². The molecule has 0 amide bonds. The van der Waals surface area contributed by atoms with Crippen LogP contribution < -0.4 is 9.47 Å². The fourth-order valence-corrected chi connectivity index (χ4v) is 3.36. The molecule has 5 nitrogen and oxygen atoms in total. The molecule has 3 aromatic rings. The maximum Gasteiger partial charge on any atom is 0.119 e. The van der Waals surface area contributed by atoms with E-state index in [0.717, 1.165) is 11.5 Å². The van der Waals surface area contributed by atoms with Crippen LogP contribution in [0.1, 0.15) is 31.9 Å². The second-order valence-electron chi connectivity index (χ2n) is 8.47. The van der Waals surface area contributed by atoms with Crippen LogP contribution >= 0.6 is 11.6 Å². The zero-order valence-corrected chi connectivity index (χ0v) is 19.1. The van der Waals surface area contributed by atoms with Crippen LogP contribution in [0, 0.1) is 5.92 Å². The first-order chi connectivity index (χ1) is 14.9. The summed E-state index contributed by atoms with van der Waals surface area (Å²) in [5.74, 6) is 2.51. The lowest BCUT2D eigenvalue weighted by Crippen LogP contribution is -2.23. The molecule has 1 N–H and O–H groups in total. The molecule has 31 heavy (non-hydrogen) atoms. The van der Waals surface area contributed by atoms with Crippen LogP contribution in [-0.2, 0) is 12.0 Å². The molecule has 0 radical (unpaired) electrons. The van der Waals surface area contributed by atoms with Gasteiger partial charge < -0.3 is 19.1 Å². The van der Waals surface area contributed by atoms with Gasteiger partial charge in [0.05, 0.1) is 19.5 Å². The Labute approximate surface area is 189 Å². The summed E-state index contributed by atoms with van der Waals surface area (Å²) in [6.07, 6.45) is 4.59. The molecule has 0 unspecified atom stereocenters. The maximum absolute atomic E-state index is 10.1. The third-order valence-corrected chi connectivity index (χ3v) is 5.90. The summed E-state index contributed by atoms with van der Waals surface area (Å²) in [6.45, 7) is 7.76. The van der Waals surface area contributed by atoms with E-state index in [1.165, 1.54) is 11.1 Å². The van der Waals surface area contributed by atoms with Gasteiger partial charge in [-0.15, -0.1) is 11.6 Å². The molecule has 1 aromatic heterocycles. The van der Waals surface area contributed by atoms with E-state index in [1.807, 2.05) is 35.0 Å². The maximum atomic E-state index is 10.1. The van der Waals surface area contributed by atoms with Crippen LogP contribution in [0.2, 0.25) is 0 Å². The molecule has 0 saturated heterocycles. The summed E-state index contributed by atoms with van der Waals surface area (Å²) in [6, 6.07) is 16.3. The van der Waals surface area contributed by atoms with Crippen molar-refractivity contribution in [2.45, 2.75) is 38.8 Å². The molecule has 0 aliphatic rings. The van der Waals surface area contributed by atoms with Gasteiger partial charge in [0, 0.05) is 29.6 Å². The summed E-state index contributed by atoms with van der Waals surface area (Å²) >= 11 is 5.84. The lowest BCUT2D eigenvalue weighted by molar-refractivity contribution is 0.0924. The lowest BCUT2D eigenvalue weighted by Gasteiger charge is -2.26. The van der Waals surface area contributed by atoms with Crippen LogP contribution in [0.3, 0.4) is 0 Å². The monoisotopic (exact) mass is 442 g/mol. The Hall–Kier alpha value is -2.50. The van der Waals surface area contributed by atoms with E-state index < -0.39 is 6.10 Å². The van der Waals surface area contributed by atoms with Gasteiger partial charge in [-0.2, -0.15) is 0 Å². The first kappa shape index (κ1) is 23.2. The smallest absolute Gasteiger partial charge is 0.119 e. The van der Waals surface area contributed by atoms with Crippen molar-refractivity contribution in [2.75, 3.05) is 19.1 Å². The predicted molar refractivity (Wildman–Crippen MR) is 124 cm³/mol. The van der Waals surface area contributed by atoms with Gasteiger partial charge in [0.25, 0.3) is 0 Å². The molecule has 166 valence electrons. The summed E-state index contributed by atoms with van der Waals surface area (Å²) in [7, 11) is 0. The molecule has 0 aliphatic heterocycles. The largest absolute Gasteiger partial charge is 0.493 e. The third-order valence-electron chi connectivity index (χ3n) is 5.37. The summed E-state index contributed by atoms with van der Waals surface area (Å²) < 4.78 is 13.4. The molecule has 0 aliphatic carbocycles. The van der Waals surface area contributed by atoms with Gasteiger partial charge >= 0.3 is 0 Å².